The van der Waals surface area contributed by atoms with Crippen molar-refractivity contribution in [3.8, 4) is 17.2 Å². The van der Waals surface area contributed by atoms with Crippen molar-refractivity contribution in [1.29, 1.82) is 0 Å². The van der Waals surface area contributed by atoms with Gasteiger partial charge in [0.05, 0.1) is 43.4 Å². The van der Waals surface area contributed by atoms with Gasteiger partial charge in [-0.15, -0.1) is 0 Å². The zero-order chi connectivity index (χ0) is 41.7. The van der Waals surface area contributed by atoms with Gasteiger partial charge in [-0.05, 0) is 115 Å². The first-order valence-electron chi connectivity index (χ1n) is 18.7. The number of ether oxygens (including phenoxy) is 3. The number of aromatic carboxylic acids is 1. The van der Waals surface area contributed by atoms with E-state index in [0.717, 1.165) is 18.9 Å². The Balaban J connectivity index is 1.24. The van der Waals surface area contributed by atoms with Crippen LogP contribution in [0.2, 0.25) is 0 Å². The van der Waals surface area contributed by atoms with Crippen LogP contribution in [-0.2, 0) is 23.9 Å². The highest BCUT2D eigenvalue weighted by Crippen LogP contribution is 2.35. The number of carbonyl (C=O) groups excluding carboxylic acids is 3. The van der Waals surface area contributed by atoms with E-state index in [1.807, 2.05) is 0 Å². The molecular weight excluding hydrogens is 753 g/mol. The Labute approximate surface area is 334 Å². The molecule has 0 atom stereocenters. The lowest BCUT2D eigenvalue weighted by Gasteiger charge is -2.24. The van der Waals surface area contributed by atoms with E-state index in [0.29, 0.717) is 29.2 Å². The van der Waals surface area contributed by atoms with E-state index in [2.05, 4.69) is 12.2 Å². The highest BCUT2D eigenvalue weighted by atomic mass is 19.4. The van der Waals surface area contributed by atoms with E-state index >= 15 is 0 Å². The van der Waals surface area contributed by atoms with Crippen LogP contribution in [0.3, 0.4) is 0 Å². The summed E-state index contributed by atoms with van der Waals surface area (Å²) in [6.07, 6.45) is 0.391. The fourth-order valence-electron chi connectivity index (χ4n) is 5.99. The molecule has 0 aliphatic carbocycles. The molecule has 10 nitrogen and oxygen atoms in total. The smallest absolute Gasteiger partial charge is 0.416 e. The van der Waals surface area contributed by atoms with Crippen LogP contribution in [0.15, 0.2) is 115 Å². The molecule has 0 spiro atoms. The van der Waals surface area contributed by atoms with Gasteiger partial charge < -0.3 is 29.5 Å². The zero-order valence-corrected chi connectivity index (χ0v) is 32.0. The number of hydrogen-bond acceptors (Lipinski definition) is 7. The van der Waals surface area contributed by atoms with E-state index in [-0.39, 0.29) is 40.4 Å². The molecule has 0 saturated carbocycles. The maximum Gasteiger partial charge on any atom is 0.416 e. The summed E-state index contributed by atoms with van der Waals surface area (Å²) in [7, 11) is 1.25. The number of rotatable bonds is 18. The number of anilines is 2. The maximum atomic E-state index is 14.0. The highest BCUT2D eigenvalue weighted by Gasteiger charge is 2.34. The van der Waals surface area contributed by atoms with Gasteiger partial charge >= 0.3 is 18.1 Å². The minimum atomic E-state index is -4.70. The molecule has 58 heavy (non-hydrogen) atoms. The van der Waals surface area contributed by atoms with Crippen LogP contribution >= 0.6 is 0 Å². The molecule has 5 aromatic rings. The Hall–Kier alpha value is -6.63. The number of unbranched alkanes of at least 4 members (excludes halogenated alkanes) is 4. The molecular formula is C45H43F3N2O8. The molecule has 2 amide bonds. The van der Waals surface area contributed by atoms with Crippen molar-refractivity contribution in [2.24, 2.45) is 0 Å². The number of amides is 2. The molecule has 5 rings (SSSR count). The molecule has 0 aliphatic rings. The van der Waals surface area contributed by atoms with Gasteiger partial charge in [-0.1, -0.05) is 50.8 Å². The third kappa shape index (κ3) is 11.9. The van der Waals surface area contributed by atoms with Crippen LogP contribution in [0.4, 0.5) is 24.5 Å². The topological polar surface area (TPSA) is 131 Å². The van der Waals surface area contributed by atoms with E-state index in [9.17, 15) is 37.5 Å². The minimum absolute atomic E-state index is 0.00779. The molecule has 0 saturated heterocycles. The van der Waals surface area contributed by atoms with Gasteiger partial charge in [0, 0.05) is 16.9 Å². The molecule has 13 heteroatoms. The molecule has 302 valence electrons. The van der Waals surface area contributed by atoms with Crippen LogP contribution < -0.4 is 24.4 Å². The summed E-state index contributed by atoms with van der Waals surface area (Å²) in [6.45, 7) is 2.82. The number of carboxylic acids is 1. The number of esters is 1. The van der Waals surface area contributed by atoms with Crippen molar-refractivity contribution < 1.29 is 51.7 Å². The van der Waals surface area contributed by atoms with E-state index in [1.165, 1.54) is 91.9 Å². The van der Waals surface area contributed by atoms with Gasteiger partial charge in [0.25, 0.3) is 5.91 Å². The Bertz CT molecular complexity index is 2170. The Kier molecular flexibility index (Phi) is 14.7. The second-order valence-electron chi connectivity index (χ2n) is 13.4. The van der Waals surface area contributed by atoms with Crippen molar-refractivity contribution in [3.05, 3.63) is 149 Å². The number of halogens is 3. The van der Waals surface area contributed by atoms with Gasteiger partial charge in [0.15, 0.2) is 0 Å². The van der Waals surface area contributed by atoms with Gasteiger partial charge in [0.1, 0.15) is 17.2 Å². The molecule has 0 radical (unpaired) electrons. The van der Waals surface area contributed by atoms with Gasteiger partial charge in [-0.25, -0.2) is 9.59 Å². The summed E-state index contributed by atoms with van der Waals surface area (Å²) in [5.74, 6) is -1.89. The largest absolute Gasteiger partial charge is 0.497 e. The van der Waals surface area contributed by atoms with Crippen molar-refractivity contribution >= 4 is 35.1 Å². The number of carboxylic acid groups (broad SMARTS) is 1. The van der Waals surface area contributed by atoms with Gasteiger partial charge in [-0.2, -0.15) is 13.2 Å². The summed E-state index contributed by atoms with van der Waals surface area (Å²) in [6, 6.07) is 28.3. The zero-order valence-electron chi connectivity index (χ0n) is 32.0. The first-order valence-corrected chi connectivity index (χ1v) is 18.7. The molecule has 0 aromatic heterocycles. The lowest BCUT2D eigenvalue weighted by Crippen LogP contribution is -2.30. The van der Waals surface area contributed by atoms with Crippen LogP contribution in [0, 0.1) is 0 Å². The standard InChI is InChI=1S/C45H43F3N2O8/c1-3-4-5-6-7-26-57-37-23-14-33(15-24-37)44(55)58-38-21-8-30(9-22-38)29-50(36-19-12-32(13-20-36)43(53)54)42(52)31-10-17-35(18-11-31)49-41(51)27-34-16-25-39(56-2)28-40(34)45(46,47)48/h8-25,28H,3-7,26-27,29H2,1-2H3,(H,49,51)(H,53,54). The summed E-state index contributed by atoms with van der Waals surface area (Å²) in [4.78, 5) is 52.5. The second kappa shape index (κ2) is 20.0. The van der Waals surface area contributed by atoms with Gasteiger partial charge in [0.2, 0.25) is 5.91 Å². The maximum absolute atomic E-state index is 14.0. The summed E-state index contributed by atoms with van der Waals surface area (Å²) < 4.78 is 57.2. The SMILES string of the molecule is CCCCCCCOc1ccc(C(=O)Oc2ccc(CN(C(=O)c3ccc(NC(=O)Cc4ccc(OC)cc4C(F)(F)F)cc3)c3ccc(C(=O)O)cc3)cc2)cc1. The second-order valence-corrected chi connectivity index (χ2v) is 13.4. The summed E-state index contributed by atoms with van der Waals surface area (Å²) >= 11 is 0. The van der Waals surface area contributed by atoms with Crippen molar-refractivity contribution in [3.63, 3.8) is 0 Å². The normalized spacial score (nSPS) is 11.1. The number of nitrogens with one attached hydrogen (secondary N) is 1. The first-order chi connectivity index (χ1) is 27.8. The van der Waals surface area contributed by atoms with Crippen LogP contribution in [0.1, 0.15) is 86.8 Å². The van der Waals surface area contributed by atoms with E-state index in [1.54, 1.807) is 48.5 Å². The lowest BCUT2D eigenvalue weighted by molar-refractivity contribution is -0.138. The Morgan fingerprint density at radius 2 is 1.31 bits per heavy atom. The summed E-state index contributed by atoms with van der Waals surface area (Å²) in [5, 5.41) is 12.0. The predicted molar refractivity (Wildman–Crippen MR) is 213 cm³/mol. The average molecular weight is 797 g/mol. The molecule has 5 aromatic carbocycles. The molecule has 0 bridgehead atoms. The molecule has 0 unspecified atom stereocenters. The molecule has 2 N–H and O–H groups in total. The fourth-order valence-corrected chi connectivity index (χ4v) is 5.99. The van der Waals surface area contributed by atoms with E-state index in [4.69, 9.17) is 14.2 Å². The van der Waals surface area contributed by atoms with Crippen molar-refractivity contribution in [1.82, 2.24) is 0 Å². The quantitative estimate of drug-likeness (QED) is 0.0509. The lowest BCUT2D eigenvalue weighted by atomic mass is 10.0. The first kappa shape index (κ1) is 42.5. The fraction of sp³-hybridized carbons (Fsp3) is 0.244. The number of carbonyl (C=O) groups is 4. The average Bonchev–Trinajstić information content (AvgIpc) is 3.22. The monoisotopic (exact) mass is 796 g/mol. The van der Waals surface area contributed by atoms with E-state index < -0.39 is 41.9 Å². The molecule has 0 aliphatic heterocycles. The summed E-state index contributed by atoms with van der Waals surface area (Å²) in [5.41, 5.74) is 0.683. The Morgan fingerprint density at radius 1 is 0.707 bits per heavy atom. The predicted octanol–water partition coefficient (Wildman–Crippen LogP) is 10.0. The van der Waals surface area contributed by atoms with Crippen LogP contribution in [0.5, 0.6) is 17.2 Å². The number of methoxy groups -OCH3 is 1. The molecule has 0 fully saturated rings. The molecule has 0 heterocycles. The van der Waals surface area contributed by atoms with Crippen molar-refractivity contribution in [2.45, 2.75) is 58.2 Å². The number of benzene rings is 5. The van der Waals surface area contributed by atoms with Crippen LogP contribution in [0.25, 0.3) is 0 Å². The van der Waals surface area contributed by atoms with Crippen LogP contribution in [-0.4, -0.2) is 42.6 Å². The third-order valence-electron chi connectivity index (χ3n) is 9.14. The Morgan fingerprint density at radius 3 is 1.93 bits per heavy atom. The third-order valence-corrected chi connectivity index (χ3v) is 9.14. The number of alkyl halides is 3. The highest BCUT2D eigenvalue weighted by molar-refractivity contribution is 6.06. The number of hydrogen-bond donors (Lipinski definition) is 2. The van der Waals surface area contributed by atoms with Gasteiger partial charge in [-0.3, -0.25) is 9.59 Å². The minimum Gasteiger partial charge on any atom is -0.497 e. The van der Waals surface area contributed by atoms with Crippen molar-refractivity contribution in [2.75, 3.05) is 23.9 Å². The number of nitrogens with zero attached hydrogens (tertiary/aromatic N) is 1.